The van der Waals surface area contributed by atoms with E-state index in [1.165, 1.54) is 0 Å². The molecule has 1 saturated heterocycles. The molecule has 0 saturated carbocycles. The van der Waals surface area contributed by atoms with Crippen LogP contribution in [-0.2, 0) is 13.6 Å². The first-order chi connectivity index (χ1) is 12.1. The molecule has 2 aliphatic heterocycles. The average molecular weight is 363 g/mol. The van der Waals surface area contributed by atoms with E-state index in [4.69, 9.17) is 21.1 Å². The van der Waals surface area contributed by atoms with Crippen molar-refractivity contribution in [3.8, 4) is 11.5 Å². The van der Waals surface area contributed by atoms with Crippen LogP contribution < -0.4 is 9.47 Å². The number of carbonyl (C=O) groups is 1. The molecule has 0 bridgehead atoms. The minimum atomic E-state index is 0.0259. The maximum absolute atomic E-state index is 12.7. The number of rotatable bonds is 3. The van der Waals surface area contributed by atoms with Gasteiger partial charge in [0.15, 0.2) is 11.5 Å². The predicted molar refractivity (Wildman–Crippen MR) is 92.0 cm³/mol. The first kappa shape index (κ1) is 16.2. The number of halogens is 1. The fourth-order valence-electron chi connectivity index (χ4n) is 3.09. The molecule has 2 aliphatic rings. The number of benzene rings is 1. The van der Waals surface area contributed by atoms with Crippen molar-refractivity contribution < 1.29 is 14.3 Å². The summed E-state index contributed by atoms with van der Waals surface area (Å²) in [6, 6.07) is 5.33. The van der Waals surface area contributed by atoms with Crippen molar-refractivity contribution in [2.24, 2.45) is 7.05 Å². The van der Waals surface area contributed by atoms with Gasteiger partial charge in [-0.3, -0.25) is 9.69 Å². The molecule has 0 N–H and O–H groups in total. The third kappa shape index (κ3) is 3.17. The lowest BCUT2D eigenvalue weighted by Crippen LogP contribution is -2.48. The summed E-state index contributed by atoms with van der Waals surface area (Å²) >= 11 is 6.03. The van der Waals surface area contributed by atoms with Gasteiger partial charge in [-0.05, 0) is 18.2 Å². The lowest BCUT2D eigenvalue weighted by Gasteiger charge is -2.34. The van der Waals surface area contributed by atoms with Crippen molar-refractivity contribution in [1.82, 2.24) is 19.4 Å². The highest BCUT2D eigenvalue weighted by atomic mass is 35.5. The molecule has 3 heterocycles. The van der Waals surface area contributed by atoms with Crippen LogP contribution in [-0.4, -0.2) is 58.2 Å². The van der Waals surface area contributed by atoms with Crippen molar-refractivity contribution in [2.75, 3.05) is 33.0 Å². The predicted octanol–water partition coefficient (Wildman–Crippen LogP) is 1.76. The molecule has 0 atom stereocenters. The van der Waals surface area contributed by atoms with Gasteiger partial charge in [-0.2, -0.15) is 0 Å². The zero-order valence-electron chi connectivity index (χ0n) is 13.9. The summed E-state index contributed by atoms with van der Waals surface area (Å²) in [7, 11) is 1.91. The molecule has 25 heavy (non-hydrogen) atoms. The van der Waals surface area contributed by atoms with Crippen LogP contribution in [0.1, 0.15) is 16.2 Å². The van der Waals surface area contributed by atoms with E-state index in [9.17, 15) is 4.79 Å². The highest BCUT2D eigenvalue weighted by Crippen LogP contribution is 2.32. The van der Waals surface area contributed by atoms with Gasteiger partial charge in [0.1, 0.15) is 11.0 Å². The monoisotopic (exact) mass is 362 g/mol. The van der Waals surface area contributed by atoms with Crippen molar-refractivity contribution in [1.29, 1.82) is 0 Å². The van der Waals surface area contributed by atoms with E-state index in [2.05, 4.69) is 9.88 Å². The minimum Gasteiger partial charge on any atom is -0.454 e. The molecule has 132 valence electrons. The van der Waals surface area contributed by atoms with Crippen molar-refractivity contribution >= 4 is 17.5 Å². The summed E-state index contributed by atoms with van der Waals surface area (Å²) in [6.07, 6.45) is 1.66. The van der Waals surface area contributed by atoms with Gasteiger partial charge in [0.25, 0.3) is 5.91 Å². The van der Waals surface area contributed by atoms with E-state index in [0.717, 1.165) is 25.5 Å². The number of ether oxygens (including phenoxy) is 2. The number of hydrogen-bond donors (Lipinski definition) is 0. The van der Waals surface area contributed by atoms with Crippen LogP contribution in [0, 0.1) is 0 Å². The summed E-state index contributed by atoms with van der Waals surface area (Å²) in [5, 5.41) is 0.631. The van der Waals surface area contributed by atoms with Crippen LogP contribution in [0.5, 0.6) is 11.5 Å². The number of amides is 1. The second-order valence-corrected chi connectivity index (χ2v) is 6.58. The fraction of sp³-hybridized carbons (Fsp3) is 0.412. The molecule has 7 nitrogen and oxygen atoms in total. The van der Waals surface area contributed by atoms with Gasteiger partial charge in [-0.1, -0.05) is 11.6 Å². The van der Waals surface area contributed by atoms with Gasteiger partial charge in [0.2, 0.25) is 6.79 Å². The average Bonchev–Trinajstić information content (AvgIpc) is 3.23. The Bertz CT molecular complexity index is 799. The number of hydrogen-bond acceptors (Lipinski definition) is 5. The second-order valence-electron chi connectivity index (χ2n) is 6.19. The van der Waals surface area contributed by atoms with Crippen LogP contribution in [0.15, 0.2) is 24.4 Å². The van der Waals surface area contributed by atoms with Crippen molar-refractivity contribution in [2.45, 2.75) is 6.54 Å². The maximum Gasteiger partial charge on any atom is 0.254 e. The van der Waals surface area contributed by atoms with E-state index < -0.39 is 0 Å². The van der Waals surface area contributed by atoms with Crippen molar-refractivity contribution in [3.05, 3.63) is 40.9 Å². The third-order valence-electron chi connectivity index (χ3n) is 4.67. The Morgan fingerprint density at radius 1 is 1.20 bits per heavy atom. The molecule has 8 heteroatoms. The van der Waals surface area contributed by atoms with E-state index in [1.54, 1.807) is 24.4 Å². The molecule has 0 unspecified atom stereocenters. The largest absolute Gasteiger partial charge is 0.454 e. The lowest BCUT2D eigenvalue weighted by molar-refractivity contribution is 0.0624. The number of imidazole rings is 1. The molecule has 1 amide bonds. The molecule has 1 aromatic carbocycles. The highest BCUT2D eigenvalue weighted by molar-refractivity contribution is 6.29. The summed E-state index contributed by atoms with van der Waals surface area (Å²) in [5.41, 5.74) is 0.633. The number of aromatic nitrogens is 2. The zero-order valence-corrected chi connectivity index (χ0v) is 14.7. The number of nitrogens with zero attached hydrogens (tertiary/aromatic N) is 4. The topological polar surface area (TPSA) is 59.8 Å². The van der Waals surface area contributed by atoms with Gasteiger partial charge in [0, 0.05) is 38.8 Å². The number of carbonyl (C=O) groups excluding carboxylic acids is 1. The second kappa shape index (κ2) is 6.57. The molecule has 1 aromatic heterocycles. The van der Waals surface area contributed by atoms with Crippen LogP contribution >= 0.6 is 11.6 Å². The minimum absolute atomic E-state index is 0.0259. The number of piperazine rings is 1. The lowest BCUT2D eigenvalue weighted by atomic mass is 10.1. The molecule has 0 radical (unpaired) electrons. The molecular formula is C17H19ClN4O3. The van der Waals surface area contributed by atoms with Crippen LogP contribution in [0.25, 0.3) is 0 Å². The van der Waals surface area contributed by atoms with Crippen LogP contribution in [0.2, 0.25) is 5.15 Å². The summed E-state index contributed by atoms with van der Waals surface area (Å²) < 4.78 is 12.5. The maximum atomic E-state index is 12.7. The Kier molecular flexibility index (Phi) is 4.27. The van der Waals surface area contributed by atoms with Gasteiger partial charge < -0.3 is 18.9 Å². The van der Waals surface area contributed by atoms with Gasteiger partial charge in [0.05, 0.1) is 12.7 Å². The third-order valence-corrected chi connectivity index (χ3v) is 5.02. The molecular weight excluding hydrogens is 344 g/mol. The summed E-state index contributed by atoms with van der Waals surface area (Å²) in [5.74, 6) is 2.28. The molecule has 0 aliphatic carbocycles. The Labute approximate surface area is 150 Å². The van der Waals surface area contributed by atoms with Gasteiger partial charge in [-0.15, -0.1) is 0 Å². The Morgan fingerprint density at radius 2 is 1.96 bits per heavy atom. The first-order valence-corrected chi connectivity index (χ1v) is 8.57. The molecule has 0 spiro atoms. The Morgan fingerprint density at radius 3 is 2.68 bits per heavy atom. The van der Waals surface area contributed by atoms with Gasteiger partial charge in [-0.25, -0.2) is 4.98 Å². The van der Waals surface area contributed by atoms with Crippen LogP contribution in [0.4, 0.5) is 0 Å². The number of fused-ring (bicyclic) bond motifs is 1. The summed E-state index contributed by atoms with van der Waals surface area (Å²) in [6.45, 7) is 3.93. The Hall–Kier alpha value is -2.25. The SMILES string of the molecule is Cn1c(Cl)cnc1CN1CCN(C(=O)c2ccc3c(c2)OCO3)CC1. The molecule has 4 rings (SSSR count). The van der Waals surface area contributed by atoms with Gasteiger partial charge >= 0.3 is 0 Å². The zero-order chi connectivity index (χ0) is 17.4. The summed E-state index contributed by atoms with van der Waals surface area (Å²) in [4.78, 5) is 21.2. The smallest absolute Gasteiger partial charge is 0.254 e. The highest BCUT2D eigenvalue weighted by Gasteiger charge is 2.24. The normalized spacial score (nSPS) is 17.1. The van der Waals surface area contributed by atoms with E-state index in [-0.39, 0.29) is 12.7 Å². The standard InChI is InChI=1S/C17H19ClN4O3/c1-20-15(18)9-19-16(20)10-21-4-6-22(7-5-21)17(23)12-2-3-13-14(8-12)25-11-24-13/h2-3,8-9H,4-7,10-11H2,1H3. The van der Waals surface area contributed by atoms with E-state index in [1.807, 2.05) is 16.5 Å². The van der Waals surface area contributed by atoms with Crippen LogP contribution in [0.3, 0.4) is 0 Å². The molecule has 1 fully saturated rings. The van der Waals surface area contributed by atoms with E-state index in [0.29, 0.717) is 35.3 Å². The molecule has 2 aromatic rings. The Balaban J connectivity index is 1.36. The quantitative estimate of drug-likeness (QED) is 0.832. The first-order valence-electron chi connectivity index (χ1n) is 8.19. The van der Waals surface area contributed by atoms with E-state index >= 15 is 0 Å². The fourth-order valence-corrected chi connectivity index (χ4v) is 3.24. The van der Waals surface area contributed by atoms with Crippen molar-refractivity contribution in [3.63, 3.8) is 0 Å².